The van der Waals surface area contributed by atoms with Crippen molar-refractivity contribution in [1.82, 2.24) is 9.55 Å². The first kappa shape index (κ1) is 16.1. The van der Waals surface area contributed by atoms with Crippen molar-refractivity contribution < 1.29 is 5.11 Å². The predicted molar refractivity (Wildman–Crippen MR) is 94.8 cm³/mol. The maximum Gasteiger partial charge on any atom is 0.266 e. The summed E-state index contributed by atoms with van der Waals surface area (Å²) in [6.45, 7) is 0.113. The maximum absolute atomic E-state index is 12.9. The number of hydrogen-bond donors (Lipinski definition) is 1. The summed E-state index contributed by atoms with van der Waals surface area (Å²) in [6.07, 6.45) is 0.642. The molecular formula is C17H15ClN2O2S. The third-order valence-corrected chi connectivity index (χ3v) is 4.60. The fourth-order valence-electron chi connectivity index (χ4n) is 2.28. The lowest BCUT2D eigenvalue weighted by molar-refractivity contribution is 0.296. The number of hydrogen-bond acceptors (Lipinski definition) is 4. The Kier molecular flexibility index (Phi) is 5.00. The minimum atomic E-state index is -0.121. The molecule has 2 aromatic carbocycles. The van der Waals surface area contributed by atoms with Crippen LogP contribution in [0.5, 0.6) is 0 Å². The maximum atomic E-state index is 12.9. The summed E-state index contributed by atoms with van der Waals surface area (Å²) in [5.74, 6) is 0.682. The van der Waals surface area contributed by atoms with E-state index in [1.807, 2.05) is 30.3 Å². The first-order valence-electron chi connectivity index (χ1n) is 7.22. The van der Waals surface area contributed by atoms with Gasteiger partial charge in [-0.1, -0.05) is 41.6 Å². The average Bonchev–Trinajstić information content (AvgIpc) is 2.55. The summed E-state index contributed by atoms with van der Waals surface area (Å²) in [6, 6.07) is 14.4. The molecule has 1 N–H and O–H groups in total. The summed E-state index contributed by atoms with van der Waals surface area (Å²) in [4.78, 5) is 17.5. The van der Waals surface area contributed by atoms with Gasteiger partial charge in [0.25, 0.3) is 5.56 Å². The molecule has 0 saturated carbocycles. The van der Waals surface area contributed by atoms with Crippen LogP contribution < -0.4 is 5.56 Å². The van der Waals surface area contributed by atoms with E-state index in [-0.39, 0.29) is 12.2 Å². The van der Waals surface area contributed by atoms with Gasteiger partial charge in [-0.3, -0.25) is 9.36 Å². The van der Waals surface area contributed by atoms with Crippen LogP contribution in [0.2, 0.25) is 5.02 Å². The minimum Gasteiger partial charge on any atom is -0.396 e. The summed E-state index contributed by atoms with van der Waals surface area (Å²) in [5.41, 5.74) is 1.24. The lowest BCUT2D eigenvalue weighted by Crippen LogP contribution is -2.21. The van der Waals surface area contributed by atoms with Crippen LogP contribution in [-0.4, -0.2) is 27.0 Å². The number of nitrogens with zero attached hydrogens (tertiary/aromatic N) is 2. The standard InChI is InChI=1S/C17H15ClN2O2S/c18-12-5-3-6-13(11-12)20-16(22)14-7-1-2-8-15(14)19-17(20)23-10-4-9-21/h1-3,5-8,11,21H,4,9-10H2. The van der Waals surface area contributed by atoms with Gasteiger partial charge in [-0.2, -0.15) is 0 Å². The van der Waals surface area contributed by atoms with Crippen LogP contribution in [0.25, 0.3) is 16.6 Å². The number of halogens is 1. The number of rotatable bonds is 5. The van der Waals surface area contributed by atoms with Crippen molar-refractivity contribution in [2.75, 3.05) is 12.4 Å². The monoisotopic (exact) mass is 346 g/mol. The van der Waals surface area contributed by atoms with Gasteiger partial charge in [0.2, 0.25) is 0 Å². The fourth-order valence-corrected chi connectivity index (χ4v) is 3.40. The molecule has 0 atom stereocenters. The van der Waals surface area contributed by atoms with Gasteiger partial charge in [-0.25, -0.2) is 4.98 Å². The molecule has 0 amide bonds. The topological polar surface area (TPSA) is 55.1 Å². The summed E-state index contributed by atoms with van der Waals surface area (Å²) < 4.78 is 1.58. The van der Waals surface area contributed by atoms with Crippen LogP contribution in [0, 0.1) is 0 Å². The summed E-state index contributed by atoms with van der Waals surface area (Å²) >= 11 is 7.52. The molecule has 4 nitrogen and oxygen atoms in total. The van der Waals surface area contributed by atoms with Crippen LogP contribution >= 0.6 is 23.4 Å². The van der Waals surface area contributed by atoms with E-state index in [9.17, 15) is 4.79 Å². The smallest absolute Gasteiger partial charge is 0.266 e. The van der Waals surface area contributed by atoms with Gasteiger partial charge in [-0.15, -0.1) is 0 Å². The van der Waals surface area contributed by atoms with E-state index in [0.717, 1.165) is 0 Å². The molecule has 0 bridgehead atoms. The minimum absolute atomic E-state index is 0.113. The molecule has 0 unspecified atom stereocenters. The Morgan fingerprint density at radius 1 is 1.17 bits per heavy atom. The van der Waals surface area contributed by atoms with Crippen molar-refractivity contribution in [3.63, 3.8) is 0 Å². The van der Waals surface area contributed by atoms with Crippen molar-refractivity contribution in [3.8, 4) is 5.69 Å². The largest absolute Gasteiger partial charge is 0.396 e. The number of benzene rings is 2. The Labute approximate surface area is 142 Å². The zero-order valence-electron chi connectivity index (χ0n) is 12.3. The normalized spacial score (nSPS) is 11.0. The fraction of sp³-hybridized carbons (Fsp3) is 0.176. The Balaban J connectivity index is 2.21. The van der Waals surface area contributed by atoms with E-state index in [1.165, 1.54) is 11.8 Å². The quantitative estimate of drug-likeness (QED) is 0.436. The van der Waals surface area contributed by atoms with Crippen LogP contribution in [-0.2, 0) is 0 Å². The second-order valence-electron chi connectivity index (χ2n) is 4.96. The zero-order chi connectivity index (χ0) is 16.2. The molecule has 3 aromatic rings. The van der Waals surface area contributed by atoms with Crippen molar-refractivity contribution in [2.24, 2.45) is 0 Å². The first-order chi connectivity index (χ1) is 11.2. The number of para-hydroxylation sites is 1. The van der Waals surface area contributed by atoms with Gasteiger partial charge in [-0.05, 0) is 36.8 Å². The molecule has 0 radical (unpaired) electrons. The van der Waals surface area contributed by atoms with E-state index in [1.54, 1.807) is 22.8 Å². The first-order valence-corrected chi connectivity index (χ1v) is 8.58. The number of aliphatic hydroxyl groups is 1. The van der Waals surface area contributed by atoms with Gasteiger partial charge in [0.05, 0.1) is 16.6 Å². The highest BCUT2D eigenvalue weighted by molar-refractivity contribution is 7.99. The van der Waals surface area contributed by atoms with Crippen LogP contribution in [0.4, 0.5) is 0 Å². The van der Waals surface area contributed by atoms with E-state index < -0.39 is 0 Å². The molecule has 1 heterocycles. The third-order valence-electron chi connectivity index (χ3n) is 3.34. The number of fused-ring (bicyclic) bond motifs is 1. The van der Waals surface area contributed by atoms with Gasteiger partial charge in [0, 0.05) is 17.4 Å². The number of thioether (sulfide) groups is 1. The Morgan fingerprint density at radius 3 is 2.78 bits per heavy atom. The Hall–Kier alpha value is -1.82. The molecule has 0 aliphatic rings. The second-order valence-corrected chi connectivity index (χ2v) is 6.46. The molecule has 3 rings (SSSR count). The average molecular weight is 347 g/mol. The zero-order valence-corrected chi connectivity index (χ0v) is 13.8. The van der Waals surface area contributed by atoms with Gasteiger partial charge >= 0.3 is 0 Å². The predicted octanol–water partition coefficient (Wildman–Crippen LogP) is 3.51. The van der Waals surface area contributed by atoms with E-state index in [4.69, 9.17) is 16.7 Å². The van der Waals surface area contributed by atoms with E-state index in [2.05, 4.69) is 4.98 Å². The Bertz CT molecular complexity index is 895. The van der Waals surface area contributed by atoms with Gasteiger partial charge in [0.15, 0.2) is 5.16 Å². The second kappa shape index (κ2) is 7.17. The molecule has 23 heavy (non-hydrogen) atoms. The molecular weight excluding hydrogens is 332 g/mol. The molecule has 0 saturated heterocycles. The van der Waals surface area contributed by atoms with E-state index >= 15 is 0 Å². The highest BCUT2D eigenvalue weighted by Crippen LogP contribution is 2.23. The third kappa shape index (κ3) is 3.42. The lowest BCUT2D eigenvalue weighted by atomic mass is 10.2. The lowest BCUT2D eigenvalue weighted by Gasteiger charge is -2.13. The molecule has 0 fully saturated rings. The number of aromatic nitrogens is 2. The van der Waals surface area contributed by atoms with Crippen molar-refractivity contribution in [2.45, 2.75) is 11.6 Å². The summed E-state index contributed by atoms with van der Waals surface area (Å²) in [5, 5.41) is 10.7. The van der Waals surface area contributed by atoms with Crippen LogP contribution in [0.15, 0.2) is 58.5 Å². The molecule has 118 valence electrons. The highest BCUT2D eigenvalue weighted by atomic mass is 35.5. The Morgan fingerprint density at radius 2 is 2.00 bits per heavy atom. The SMILES string of the molecule is O=c1c2ccccc2nc(SCCCO)n1-c1cccc(Cl)c1. The van der Waals surface area contributed by atoms with Gasteiger partial charge in [0.1, 0.15) is 0 Å². The van der Waals surface area contributed by atoms with E-state index in [0.29, 0.717) is 38.9 Å². The van der Waals surface area contributed by atoms with Crippen LogP contribution in [0.1, 0.15) is 6.42 Å². The molecule has 0 spiro atoms. The van der Waals surface area contributed by atoms with Crippen molar-refractivity contribution in [1.29, 1.82) is 0 Å². The number of aliphatic hydroxyl groups excluding tert-OH is 1. The summed E-state index contributed by atoms with van der Waals surface area (Å²) in [7, 11) is 0. The van der Waals surface area contributed by atoms with Crippen molar-refractivity contribution >= 4 is 34.3 Å². The molecule has 1 aromatic heterocycles. The highest BCUT2D eigenvalue weighted by Gasteiger charge is 2.13. The van der Waals surface area contributed by atoms with Gasteiger partial charge < -0.3 is 5.11 Å². The molecule has 0 aliphatic heterocycles. The molecule has 6 heteroatoms. The van der Waals surface area contributed by atoms with Crippen LogP contribution in [0.3, 0.4) is 0 Å². The molecule has 0 aliphatic carbocycles. The van der Waals surface area contributed by atoms with Crippen molar-refractivity contribution in [3.05, 3.63) is 63.9 Å².